The van der Waals surface area contributed by atoms with Crippen molar-refractivity contribution in [1.82, 2.24) is 30.7 Å². The summed E-state index contributed by atoms with van der Waals surface area (Å²) >= 11 is 0. The van der Waals surface area contributed by atoms with E-state index >= 15 is 0 Å². The van der Waals surface area contributed by atoms with Gasteiger partial charge in [-0.15, -0.1) is 5.10 Å². The molecule has 27 heavy (non-hydrogen) atoms. The van der Waals surface area contributed by atoms with E-state index in [4.69, 9.17) is 9.15 Å². The third kappa shape index (κ3) is 4.99. The number of likely N-dealkylation sites (tertiary alicyclic amines) is 1. The van der Waals surface area contributed by atoms with Crippen molar-refractivity contribution in [2.75, 3.05) is 20.1 Å². The number of aromatic nitrogens is 3. The number of furan rings is 1. The van der Waals surface area contributed by atoms with Crippen LogP contribution in [0.2, 0.25) is 0 Å². The lowest BCUT2D eigenvalue weighted by atomic mass is 10.1. The fraction of sp³-hybridized carbons (Fsp3) is 0.529. The first-order valence-corrected chi connectivity index (χ1v) is 8.74. The summed E-state index contributed by atoms with van der Waals surface area (Å²) in [5.41, 5.74) is -0.487. The van der Waals surface area contributed by atoms with Crippen LogP contribution in [0.15, 0.2) is 27.8 Å². The molecule has 1 saturated heterocycles. The molecule has 0 unspecified atom stereocenters. The number of nitrogens with one attached hydrogen (secondary N) is 3. The fourth-order valence-electron chi connectivity index (χ4n) is 2.49. The number of hydrogen-bond acceptors (Lipinski definition) is 6. The van der Waals surface area contributed by atoms with Crippen molar-refractivity contribution in [2.45, 2.75) is 39.0 Å². The predicted octanol–water partition coefficient (Wildman–Crippen LogP) is 1.35. The average Bonchev–Trinajstić information content (AvgIpc) is 3.22. The third-order valence-corrected chi connectivity index (χ3v) is 3.79. The molecule has 0 aliphatic carbocycles. The van der Waals surface area contributed by atoms with Crippen LogP contribution >= 0.6 is 0 Å². The fourth-order valence-corrected chi connectivity index (χ4v) is 2.49. The van der Waals surface area contributed by atoms with Crippen molar-refractivity contribution < 1.29 is 13.9 Å². The Morgan fingerprint density at radius 1 is 1.48 bits per heavy atom. The molecule has 0 aromatic carbocycles. The second kappa shape index (κ2) is 7.68. The first kappa shape index (κ1) is 18.7. The molecule has 3 heterocycles. The molecule has 1 fully saturated rings. The van der Waals surface area contributed by atoms with Gasteiger partial charge in [0.05, 0.1) is 18.8 Å². The molecule has 0 bridgehead atoms. The molecule has 0 spiro atoms. The Bertz CT molecular complexity index is 786. The van der Waals surface area contributed by atoms with Gasteiger partial charge < -0.3 is 24.7 Å². The number of aliphatic imine (C=N–C) groups is 1. The van der Waals surface area contributed by atoms with E-state index in [1.54, 1.807) is 30.3 Å². The Hall–Kier alpha value is -3.04. The van der Waals surface area contributed by atoms with Crippen molar-refractivity contribution in [2.24, 2.45) is 4.99 Å². The normalized spacial score (nSPS) is 15.4. The Balaban J connectivity index is 1.43. The van der Waals surface area contributed by atoms with Crippen LogP contribution in [0.4, 0.5) is 4.79 Å². The summed E-state index contributed by atoms with van der Waals surface area (Å²) in [6.45, 7) is 7.13. The van der Waals surface area contributed by atoms with Gasteiger partial charge in [0.25, 0.3) is 0 Å². The molecule has 10 nitrogen and oxygen atoms in total. The van der Waals surface area contributed by atoms with Crippen LogP contribution in [0.1, 0.15) is 26.6 Å². The van der Waals surface area contributed by atoms with Gasteiger partial charge in [-0.25, -0.2) is 9.78 Å². The molecule has 0 saturated carbocycles. The molecule has 10 heteroatoms. The molecule has 2 aromatic rings. The first-order chi connectivity index (χ1) is 12.8. The van der Waals surface area contributed by atoms with Gasteiger partial charge in [0.2, 0.25) is 5.82 Å². The maximum atomic E-state index is 12.0. The molecule has 0 radical (unpaired) electrons. The lowest BCUT2D eigenvalue weighted by molar-refractivity contribution is 0.00701. The van der Waals surface area contributed by atoms with Gasteiger partial charge in [0.15, 0.2) is 11.7 Å². The van der Waals surface area contributed by atoms with E-state index in [0.29, 0.717) is 43.0 Å². The number of carbonyl (C=O) groups is 1. The van der Waals surface area contributed by atoms with E-state index in [1.165, 1.54) is 0 Å². The number of nitrogens with zero attached hydrogens (tertiary/aromatic N) is 4. The number of H-pyrrole nitrogens is 1. The lowest BCUT2D eigenvalue weighted by Crippen LogP contribution is -2.63. The van der Waals surface area contributed by atoms with Crippen LogP contribution in [-0.4, -0.2) is 63.9 Å². The summed E-state index contributed by atoms with van der Waals surface area (Å²) in [4.78, 5) is 22.2. The van der Waals surface area contributed by atoms with E-state index in [1.807, 2.05) is 20.8 Å². The number of amides is 1. The van der Waals surface area contributed by atoms with E-state index in [0.717, 1.165) is 0 Å². The molecule has 1 aliphatic rings. The molecule has 0 atom stereocenters. The minimum Gasteiger partial charge on any atom is -0.461 e. The summed E-state index contributed by atoms with van der Waals surface area (Å²) in [5.74, 6) is 2.40. The van der Waals surface area contributed by atoms with Crippen molar-refractivity contribution in [1.29, 1.82) is 0 Å². The van der Waals surface area contributed by atoms with E-state index in [9.17, 15) is 4.79 Å². The molecule has 3 N–H and O–H groups in total. The van der Waals surface area contributed by atoms with Gasteiger partial charge in [-0.2, -0.15) is 0 Å². The zero-order valence-electron chi connectivity index (χ0n) is 15.9. The molecular formula is C17H25N7O3. The van der Waals surface area contributed by atoms with Crippen LogP contribution < -0.4 is 10.6 Å². The number of ether oxygens (including phenoxy) is 1. The second-order valence-electron chi connectivity index (χ2n) is 7.24. The molecule has 1 aliphatic heterocycles. The summed E-state index contributed by atoms with van der Waals surface area (Å²) in [7, 11) is 1.69. The van der Waals surface area contributed by atoms with Gasteiger partial charge in [-0.1, -0.05) is 0 Å². The topological polar surface area (TPSA) is 121 Å². The van der Waals surface area contributed by atoms with E-state index < -0.39 is 5.60 Å². The number of rotatable bonds is 4. The molecule has 2 aromatic heterocycles. The van der Waals surface area contributed by atoms with Gasteiger partial charge in [-0.3, -0.25) is 10.1 Å². The van der Waals surface area contributed by atoms with Crippen molar-refractivity contribution in [3.05, 3.63) is 24.2 Å². The van der Waals surface area contributed by atoms with Crippen LogP contribution in [0.5, 0.6) is 0 Å². The quantitative estimate of drug-likeness (QED) is 0.545. The van der Waals surface area contributed by atoms with Crippen molar-refractivity contribution in [3.8, 4) is 11.6 Å². The predicted molar refractivity (Wildman–Crippen MR) is 99.0 cm³/mol. The van der Waals surface area contributed by atoms with E-state index in [-0.39, 0.29) is 12.1 Å². The van der Waals surface area contributed by atoms with Gasteiger partial charge in [0, 0.05) is 20.1 Å². The lowest BCUT2D eigenvalue weighted by Gasteiger charge is -2.40. The monoisotopic (exact) mass is 375 g/mol. The summed E-state index contributed by atoms with van der Waals surface area (Å²) in [5, 5.41) is 13.4. The number of carbonyl (C=O) groups excluding carboxylic acids is 1. The molecule has 1 amide bonds. The highest BCUT2D eigenvalue weighted by Gasteiger charge is 2.34. The summed E-state index contributed by atoms with van der Waals surface area (Å²) < 4.78 is 10.6. The average molecular weight is 375 g/mol. The van der Waals surface area contributed by atoms with Crippen LogP contribution in [0, 0.1) is 0 Å². The van der Waals surface area contributed by atoms with Gasteiger partial charge in [0.1, 0.15) is 11.4 Å². The summed E-state index contributed by atoms with van der Waals surface area (Å²) in [6, 6.07) is 3.71. The third-order valence-electron chi connectivity index (χ3n) is 3.79. The van der Waals surface area contributed by atoms with Crippen LogP contribution in [0.25, 0.3) is 11.6 Å². The van der Waals surface area contributed by atoms with Crippen molar-refractivity contribution in [3.63, 3.8) is 0 Å². The maximum absolute atomic E-state index is 12.0. The maximum Gasteiger partial charge on any atom is 0.410 e. The molecule has 3 rings (SSSR count). The van der Waals surface area contributed by atoms with E-state index in [2.05, 4.69) is 30.8 Å². The zero-order valence-corrected chi connectivity index (χ0v) is 15.9. The Kier molecular flexibility index (Phi) is 5.33. The highest BCUT2D eigenvalue weighted by molar-refractivity contribution is 5.80. The smallest absolute Gasteiger partial charge is 0.410 e. The minimum absolute atomic E-state index is 0.122. The largest absolute Gasteiger partial charge is 0.461 e. The standard InChI is InChI=1S/C17H25N7O3/c1-17(2,3)27-16(25)24-9-11(10-24)20-15(18-4)19-8-13-21-14(23-22-13)12-6-5-7-26-12/h5-7,11H,8-10H2,1-4H3,(H2,18,19,20)(H,21,22,23). The SMILES string of the molecule is CN=C(NCc1nc(-c2ccco2)n[nH]1)NC1CN(C(=O)OC(C)(C)C)C1. The van der Waals surface area contributed by atoms with Crippen LogP contribution in [-0.2, 0) is 11.3 Å². The highest BCUT2D eigenvalue weighted by Crippen LogP contribution is 2.15. The Morgan fingerprint density at radius 2 is 2.26 bits per heavy atom. The Labute approximate surface area is 157 Å². The van der Waals surface area contributed by atoms with Gasteiger partial charge >= 0.3 is 6.09 Å². The molecule has 146 valence electrons. The summed E-state index contributed by atoms with van der Waals surface area (Å²) in [6.07, 6.45) is 1.28. The van der Waals surface area contributed by atoms with Gasteiger partial charge in [-0.05, 0) is 32.9 Å². The second-order valence-corrected chi connectivity index (χ2v) is 7.24. The zero-order chi connectivity index (χ0) is 19.4. The number of guanidine groups is 1. The minimum atomic E-state index is -0.487. The molecular weight excluding hydrogens is 350 g/mol. The van der Waals surface area contributed by atoms with Crippen molar-refractivity contribution >= 4 is 12.1 Å². The highest BCUT2D eigenvalue weighted by atomic mass is 16.6. The number of aromatic amines is 1. The first-order valence-electron chi connectivity index (χ1n) is 8.74. The Morgan fingerprint density at radius 3 is 2.89 bits per heavy atom. The number of hydrogen-bond donors (Lipinski definition) is 3. The van der Waals surface area contributed by atoms with Crippen LogP contribution in [0.3, 0.4) is 0 Å².